The summed E-state index contributed by atoms with van der Waals surface area (Å²) in [6.07, 6.45) is 3.11. The van der Waals surface area contributed by atoms with Crippen molar-refractivity contribution >= 4 is 29.4 Å². The second kappa shape index (κ2) is 6.87. The van der Waals surface area contributed by atoms with Gasteiger partial charge >= 0.3 is 0 Å². The standard InChI is InChI=1S/C14H20N4O2.ClH/c1-4-14(15,5-2)8-17-12(19)10-6-11-9(3)18-20-13(11)16-7-10;/h6-7H,4-5,8,15H2,1-3H3,(H,17,19);1H. The van der Waals surface area contributed by atoms with E-state index >= 15 is 0 Å². The molecule has 0 radical (unpaired) electrons. The maximum Gasteiger partial charge on any atom is 0.257 e. The summed E-state index contributed by atoms with van der Waals surface area (Å²) in [5, 5.41) is 7.43. The molecule has 0 aliphatic rings. The van der Waals surface area contributed by atoms with E-state index in [1.54, 1.807) is 6.07 Å². The fourth-order valence-electron chi connectivity index (χ4n) is 1.93. The first-order valence-corrected chi connectivity index (χ1v) is 6.78. The largest absolute Gasteiger partial charge is 0.350 e. The molecular formula is C14H21ClN4O2. The Kier molecular flexibility index (Phi) is 5.69. The molecule has 0 saturated carbocycles. The molecule has 0 aliphatic carbocycles. The molecule has 6 nitrogen and oxygen atoms in total. The number of nitrogens with two attached hydrogens (primary N) is 1. The Labute approximate surface area is 129 Å². The average Bonchev–Trinajstić information content (AvgIpc) is 2.85. The first-order chi connectivity index (χ1) is 9.49. The van der Waals surface area contributed by atoms with Gasteiger partial charge in [0, 0.05) is 18.3 Å². The summed E-state index contributed by atoms with van der Waals surface area (Å²) in [7, 11) is 0. The first kappa shape index (κ1) is 17.4. The van der Waals surface area contributed by atoms with Gasteiger partial charge in [-0.15, -0.1) is 12.4 Å². The molecule has 2 aromatic rings. The number of pyridine rings is 1. The highest BCUT2D eigenvalue weighted by atomic mass is 35.5. The lowest BCUT2D eigenvalue weighted by molar-refractivity contribution is 0.0942. The fraction of sp³-hybridized carbons (Fsp3) is 0.500. The van der Waals surface area contributed by atoms with Gasteiger partial charge in [-0.2, -0.15) is 0 Å². The Balaban J connectivity index is 0.00000220. The van der Waals surface area contributed by atoms with Gasteiger partial charge in [-0.25, -0.2) is 4.98 Å². The van der Waals surface area contributed by atoms with Crippen LogP contribution >= 0.6 is 12.4 Å². The second-order valence-electron chi connectivity index (χ2n) is 5.10. The van der Waals surface area contributed by atoms with Crippen LogP contribution in [0.15, 0.2) is 16.8 Å². The predicted octanol–water partition coefficient (Wildman–Crippen LogP) is 2.20. The van der Waals surface area contributed by atoms with E-state index in [0.717, 1.165) is 23.9 Å². The molecule has 0 saturated heterocycles. The number of hydrogen-bond donors (Lipinski definition) is 2. The smallest absolute Gasteiger partial charge is 0.257 e. The van der Waals surface area contributed by atoms with Gasteiger partial charge in [0.15, 0.2) is 0 Å². The van der Waals surface area contributed by atoms with Crippen LogP contribution in [0.5, 0.6) is 0 Å². The Morgan fingerprint density at radius 1 is 1.43 bits per heavy atom. The number of aryl methyl sites for hydroxylation is 1. The lowest BCUT2D eigenvalue weighted by Crippen LogP contribution is -2.49. The van der Waals surface area contributed by atoms with E-state index in [4.69, 9.17) is 10.3 Å². The number of amides is 1. The molecule has 21 heavy (non-hydrogen) atoms. The van der Waals surface area contributed by atoms with Gasteiger partial charge < -0.3 is 15.6 Å². The minimum absolute atomic E-state index is 0. The number of nitrogens with zero attached hydrogens (tertiary/aromatic N) is 2. The molecule has 116 valence electrons. The molecule has 2 aromatic heterocycles. The maximum absolute atomic E-state index is 12.1. The molecule has 0 atom stereocenters. The van der Waals surface area contributed by atoms with Crippen LogP contribution in [-0.4, -0.2) is 28.1 Å². The molecule has 2 rings (SSSR count). The monoisotopic (exact) mass is 312 g/mol. The number of aromatic nitrogens is 2. The molecule has 3 N–H and O–H groups in total. The van der Waals surface area contributed by atoms with Crippen LogP contribution in [0.3, 0.4) is 0 Å². The van der Waals surface area contributed by atoms with Crippen molar-refractivity contribution in [1.29, 1.82) is 0 Å². The van der Waals surface area contributed by atoms with E-state index in [2.05, 4.69) is 15.5 Å². The Morgan fingerprint density at radius 3 is 2.71 bits per heavy atom. The van der Waals surface area contributed by atoms with Gasteiger partial charge in [-0.05, 0) is 25.8 Å². The Bertz CT molecular complexity index is 622. The van der Waals surface area contributed by atoms with Gasteiger partial charge in [0.25, 0.3) is 11.6 Å². The summed E-state index contributed by atoms with van der Waals surface area (Å²) >= 11 is 0. The zero-order valence-electron chi connectivity index (χ0n) is 12.5. The summed E-state index contributed by atoms with van der Waals surface area (Å²) in [5.74, 6) is -0.184. The molecule has 0 spiro atoms. The number of hydrogen-bond acceptors (Lipinski definition) is 5. The van der Waals surface area contributed by atoms with Gasteiger partial charge in [0.1, 0.15) is 0 Å². The highest BCUT2D eigenvalue weighted by Crippen LogP contribution is 2.17. The maximum atomic E-state index is 12.1. The molecule has 1 amide bonds. The quantitative estimate of drug-likeness (QED) is 0.882. The highest BCUT2D eigenvalue weighted by Gasteiger charge is 2.21. The third-order valence-electron chi connectivity index (χ3n) is 3.78. The second-order valence-corrected chi connectivity index (χ2v) is 5.10. The summed E-state index contributed by atoms with van der Waals surface area (Å²) in [5.41, 5.74) is 7.45. The molecule has 0 aromatic carbocycles. The molecule has 0 fully saturated rings. The van der Waals surface area contributed by atoms with Gasteiger partial charge in [0.2, 0.25) is 0 Å². The minimum atomic E-state index is -0.361. The molecule has 7 heteroatoms. The van der Waals surface area contributed by atoms with Crippen molar-refractivity contribution in [3.63, 3.8) is 0 Å². The zero-order valence-corrected chi connectivity index (χ0v) is 13.3. The van der Waals surface area contributed by atoms with Crippen LogP contribution in [0.1, 0.15) is 42.7 Å². The van der Waals surface area contributed by atoms with Crippen molar-refractivity contribution in [1.82, 2.24) is 15.5 Å². The number of fused-ring (bicyclic) bond motifs is 1. The minimum Gasteiger partial charge on any atom is -0.350 e. The summed E-state index contributed by atoms with van der Waals surface area (Å²) < 4.78 is 5.02. The molecule has 0 bridgehead atoms. The molecule has 0 aliphatic heterocycles. The van der Waals surface area contributed by atoms with Crippen molar-refractivity contribution in [2.24, 2.45) is 5.73 Å². The van der Waals surface area contributed by atoms with Gasteiger partial charge in [0.05, 0.1) is 16.6 Å². The van der Waals surface area contributed by atoms with E-state index in [0.29, 0.717) is 17.8 Å². The first-order valence-electron chi connectivity index (χ1n) is 6.78. The molecule has 2 heterocycles. The van der Waals surface area contributed by atoms with Crippen LogP contribution in [0, 0.1) is 6.92 Å². The fourth-order valence-corrected chi connectivity index (χ4v) is 1.93. The van der Waals surface area contributed by atoms with Crippen molar-refractivity contribution in [3.05, 3.63) is 23.5 Å². The van der Waals surface area contributed by atoms with E-state index in [1.165, 1.54) is 6.20 Å². The number of nitrogens with one attached hydrogen (secondary N) is 1. The van der Waals surface area contributed by atoms with E-state index < -0.39 is 0 Å². The van der Waals surface area contributed by atoms with Crippen LogP contribution in [0.25, 0.3) is 11.1 Å². The lowest BCUT2D eigenvalue weighted by Gasteiger charge is -2.26. The topological polar surface area (TPSA) is 94.0 Å². The zero-order chi connectivity index (χ0) is 14.8. The summed E-state index contributed by atoms with van der Waals surface area (Å²) in [4.78, 5) is 16.2. The molecule has 0 unspecified atom stereocenters. The van der Waals surface area contributed by atoms with Crippen molar-refractivity contribution < 1.29 is 9.32 Å². The van der Waals surface area contributed by atoms with E-state index in [9.17, 15) is 4.79 Å². The van der Waals surface area contributed by atoms with Crippen molar-refractivity contribution in [2.45, 2.75) is 39.2 Å². The van der Waals surface area contributed by atoms with Crippen LogP contribution in [-0.2, 0) is 0 Å². The van der Waals surface area contributed by atoms with E-state index in [-0.39, 0.29) is 23.9 Å². The van der Waals surface area contributed by atoms with Crippen molar-refractivity contribution in [3.8, 4) is 0 Å². The molecular weight excluding hydrogens is 292 g/mol. The summed E-state index contributed by atoms with van der Waals surface area (Å²) in [6.45, 7) is 6.29. The van der Waals surface area contributed by atoms with Crippen molar-refractivity contribution in [2.75, 3.05) is 6.54 Å². The van der Waals surface area contributed by atoms with Crippen LogP contribution < -0.4 is 11.1 Å². The normalized spacial score (nSPS) is 11.2. The summed E-state index contributed by atoms with van der Waals surface area (Å²) in [6, 6.07) is 1.74. The Morgan fingerprint density at radius 2 is 2.10 bits per heavy atom. The van der Waals surface area contributed by atoms with E-state index in [1.807, 2.05) is 20.8 Å². The van der Waals surface area contributed by atoms with Gasteiger partial charge in [-0.1, -0.05) is 19.0 Å². The van der Waals surface area contributed by atoms with Crippen LogP contribution in [0.2, 0.25) is 0 Å². The number of carbonyl (C=O) groups excluding carboxylic acids is 1. The lowest BCUT2D eigenvalue weighted by atomic mass is 9.94. The SMILES string of the molecule is CCC(N)(CC)CNC(=O)c1cnc2onc(C)c2c1.Cl. The number of rotatable bonds is 5. The Hall–Kier alpha value is -1.66. The third-order valence-corrected chi connectivity index (χ3v) is 3.78. The van der Waals surface area contributed by atoms with Crippen LogP contribution in [0.4, 0.5) is 0 Å². The highest BCUT2D eigenvalue weighted by molar-refractivity contribution is 5.97. The average molecular weight is 313 g/mol. The van der Waals surface area contributed by atoms with Gasteiger partial charge in [-0.3, -0.25) is 4.79 Å². The number of carbonyl (C=O) groups is 1. The third kappa shape index (κ3) is 3.71. The number of halogens is 1. The predicted molar refractivity (Wildman–Crippen MR) is 83.6 cm³/mol.